The molecule has 0 amide bonds. The van der Waals surface area contributed by atoms with E-state index < -0.39 is 0 Å². The van der Waals surface area contributed by atoms with Gasteiger partial charge in [-0.25, -0.2) is 4.98 Å². The number of piperidine rings is 1. The number of aliphatic hydroxyl groups excluding tert-OH is 1. The summed E-state index contributed by atoms with van der Waals surface area (Å²) in [7, 11) is 0. The van der Waals surface area contributed by atoms with Crippen LogP contribution in [0.25, 0.3) is 0 Å². The minimum Gasteiger partial charge on any atom is -0.396 e. The highest BCUT2D eigenvalue weighted by Crippen LogP contribution is 2.22. The van der Waals surface area contributed by atoms with Crippen molar-refractivity contribution < 1.29 is 5.11 Å². The molecule has 1 aromatic rings. The van der Waals surface area contributed by atoms with Gasteiger partial charge in [-0.3, -0.25) is 0 Å². The van der Waals surface area contributed by atoms with Crippen molar-refractivity contribution in [2.24, 2.45) is 5.92 Å². The van der Waals surface area contributed by atoms with Crippen LogP contribution in [-0.2, 0) is 0 Å². The van der Waals surface area contributed by atoms with Crippen molar-refractivity contribution in [2.75, 3.05) is 30.3 Å². The lowest BCUT2D eigenvalue weighted by Crippen LogP contribution is -2.35. The van der Waals surface area contributed by atoms with Crippen LogP contribution in [0, 0.1) is 12.8 Å². The smallest absolute Gasteiger partial charge is 0.222 e. The average Bonchev–Trinajstić information content (AvgIpc) is 2.28. The maximum absolute atomic E-state index is 9.07. The molecular formula is C11H18N4O. The van der Waals surface area contributed by atoms with Gasteiger partial charge >= 0.3 is 0 Å². The predicted octanol–water partition coefficient (Wildman–Crippen LogP) is 0.576. The molecule has 1 saturated heterocycles. The molecule has 16 heavy (non-hydrogen) atoms. The van der Waals surface area contributed by atoms with Crippen LogP contribution in [0.5, 0.6) is 0 Å². The van der Waals surface area contributed by atoms with E-state index in [2.05, 4.69) is 14.9 Å². The number of aryl methyl sites for hydroxylation is 1. The van der Waals surface area contributed by atoms with Gasteiger partial charge in [-0.2, -0.15) is 4.98 Å². The fourth-order valence-corrected chi connectivity index (χ4v) is 2.08. The van der Waals surface area contributed by atoms with Crippen molar-refractivity contribution in [1.29, 1.82) is 0 Å². The first-order chi connectivity index (χ1) is 7.69. The van der Waals surface area contributed by atoms with Gasteiger partial charge in [-0.15, -0.1) is 0 Å². The number of rotatable bonds is 2. The van der Waals surface area contributed by atoms with Crippen LogP contribution in [0.3, 0.4) is 0 Å². The second kappa shape index (κ2) is 4.65. The van der Waals surface area contributed by atoms with Crippen molar-refractivity contribution in [1.82, 2.24) is 9.97 Å². The Hall–Kier alpha value is -1.36. The fraction of sp³-hybridized carbons (Fsp3) is 0.636. The first kappa shape index (κ1) is 11.1. The molecule has 5 heteroatoms. The molecule has 0 atom stereocenters. The topological polar surface area (TPSA) is 75.3 Å². The van der Waals surface area contributed by atoms with Crippen LogP contribution >= 0.6 is 0 Å². The molecule has 1 aliphatic heterocycles. The number of nitrogen functional groups attached to an aromatic ring is 1. The van der Waals surface area contributed by atoms with Crippen LogP contribution < -0.4 is 10.6 Å². The summed E-state index contributed by atoms with van der Waals surface area (Å²) in [4.78, 5) is 10.5. The zero-order chi connectivity index (χ0) is 11.5. The van der Waals surface area contributed by atoms with Crippen LogP contribution in [0.4, 0.5) is 11.8 Å². The maximum atomic E-state index is 9.07. The molecule has 0 aromatic carbocycles. The quantitative estimate of drug-likeness (QED) is 0.765. The molecule has 3 N–H and O–H groups in total. The van der Waals surface area contributed by atoms with Crippen LogP contribution in [0.1, 0.15) is 18.5 Å². The van der Waals surface area contributed by atoms with E-state index in [1.54, 1.807) is 0 Å². The van der Waals surface area contributed by atoms with E-state index in [-0.39, 0.29) is 0 Å². The van der Waals surface area contributed by atoms with Crippen LogP contribution in [-0.4, -0.2) is 34.8 Å². The highest BCUT2D eigenvalue weighted by atomic mass is 16.3. The fourth-order valence-electron chi connectivity index (χ4n) is 2.08. The Balaban J connectivity index is 2.08. The molecule has 1 aliphatic rings. The SMILES string of the molecule is Cc1cc(N2CCC(CO)CC2)nc(N)n1. The number of hydrogen-bond donors (Lipinski definition) is 2. The molecule has 88 valence electrons. The van der Waals surface area contributed by atoms with Gasteiger partial charge in [0, 0.05) is 31.5 Å². The van der Waals surface area contributed by atoms with E-state index in [0.29, 0.717) is 18.5 Å². The predicted molar refractivity (Wildman–Crippen MR) is 63.2 cm³/mol. The van der Waals surface area contributed by atoms with Crippen molar-refractivity contribution in [3.63, 3.8) is 0 Å². The summed E-state index contributed by atoms with van der Waals surface area (Å²) < 4.78 is 0. The van der Waals surface area contributed by atoms with E-state index in [1.807, 2.05) is 13.0 Å². The second-order valence-corrected chi connectivity index (χ2v) is 4.34. The van der Waals surface area contributed by atoms with E-state index in [4.69, 9.17) is 10.8 Å². The molecule has 2 rings (SSSR count). The number of anilines is 2. The molecule has 0 aliphatic carbocycles. The molecule has 0 radical (unpaired) electrons. The average molecular weight is 222 g/mol. The Kier molecular flexibility index (Phi) is 3.24. The van der Waals surface area contributed by atoms with E-state index in [9.17, 15) is 0 Å². The largest absolute Gasteiger partial charge is 0.396 e. The molecular weight excluding hydrogens is 204 g/mol. The first-order valence-corrected chi connectivity index (χ1v) is 5.66. The summed E-state index contributed by atoms with van der Waals surface area (Å²) in [5.74, 6) is 1.68. The third-order valence-corrected chi connectivity index (χ3v) is 3.05. The molecule has 1 fully saturated rings. The highest BCUT2D eigenvalue weighted by Gasteiger charge is 2.19. The second-order valence-electron chi connectivity index (χ2n) is 4.34. The molecule has 5 nitrogen and oxygen atoms in total. The maximum Gasteiger partial charge on any atom is 0.222 e. The lowest BCUT2D eigenvalue weighted by atomic mass is 9.98. The molecule has 0 unspecified atom stereocenters. The summed E-state index contributed by atoms with van der Waals surface area (Å²) in [5.41, 5.74) is 6.53. The van der Waals surface area contributed by atoms with Crippen LogP contribution in [0.2, 0.25) is 0 Å². The summed E-state index contributed by atoms with van der Waals surface area (Å²) in [6, 6.07) is 1.95. The van der Waals surface area contributed by atoms with Crippen molar-refractivity contribution in [3.05, 3.63) is 11.8 Å². The number of hydrogen-bond acceptors (Lipinski definition) is 5. The molecule has 0 spiro atoms. The Morgan fingerprint density at radius 3 is 2.69 bits per heavy atom. The van der Waals surface area contributed by atoms with Gasteiger partial charge in [0.1, 0.15) is 5.82 Å². The van der Waals surface area contributed by atoms with Gasteiger partial charge in [0.15, 0.2) is 0 Å². The minimum absolute atomic E-state index is 0.290. The van der Waals surface area contributed by atoms with Crippen LogP contribution in [0.15, 0.2) is 6.07 Å². The van der Waals surface area contributed by atoms with Crippen molar-refractivity contribution in [3.8, 4) is 0 Å². The zero-order valence-corrected chi connectivity index (χ0v) is 9.56. The molecule has 0 bridgehead atoms. The zero-order valence-electron chi connectivity index (χ0n) is 9.56. The van der Waals surface area contributed by atoms with Crippen molar-refractivity contribution in [2.45, 2.75) is 19.8 Å². The summed E-state index contributed by atoms with van der Waals surface area (Å²) >= 11 is 0. The third-order valence-electron chi connectivity index (χ3n) is 3.05. The number of aliphatic hydroxyl groups is 1. The Morgan fingerprint density at radius 1 is 1.44 bits per heavy atom. The van der Waals surface area contributed by atoms with Gasteiger partial charge in [0.2, 0.25) is 5.95 Å². The van der Waals surface area contributed by atoms with Gasteiger partial charge in [-0.1, -0.05) is 0 Å². The molecule has 2 heterocycles. The molecule has 0 saturated carbocycles. The van der Waals surface area contributed by atoms with Gasteiger partial charge in [0.05, 0.1) is 0 Å². The number of nitrogens with zero attached hydrogens (tertiary/aromatic N) is 3. The first-order valence-electron chi connectivity index (χ1n) is 5.66. The summed E-state index contributed by atoms with van der Waals surface area (Å²) in [6.07, 6.45) is 2.03. The van der Waals surface area contributed by atoms with Crippen molar-refractivity contribution >= 4 is 11.8 Å². The van der Waals surface area contributed by atoms with Gasteiger partial charge in [0.25, 0.3) is 0 Å². The number of nitrogens with two attached hydrogens (primary N) is 1. The minimum atomic E-state index is 0.290. The summed E-state index contributed by atoms with van der Waals surface area (Å²) in [5, 5.41) is 9.07. The van der Waals surface area contributed by atoms with E-state index in [0.717, 1.165) is 37.4 Å². The molecule has 1 aromatic heterocycles. The monoisotopic (exact) mass is 222 g/mol. The lowest BCUT2D eigenvalue weighted by molar-refractivity contribution is 0.203. The van der Waals surface area contributed by atoms with E-state index in [1.165, 1.54) is 0 Å². The number of aromatic nitrogens is 2. The van der Waals surface area contributed by atoms with E-state index >= 15 is 0 Å². The normalized spacial score (nSPS) is 17.8. The third kappa shape index (κ3) is 2.41. The highest BCUT2D eigenvalue weighted by molar-refractivity contribution is 5.43. The Morgan fingerprint density at radius 2 is 2.12 bits per heavy atom. The van der Waals surface area contributed by atoms with Gasteiger partial charge in [-0.05, 0) is 25.7 Å². The summed E-state index contributed by atoms with van der Waals surface area (Å²) in [6.45, 7) is 4.07. The lowest BCUT2D eigenvalue weighted by Gasteiger charge is -2.32. The Labute approximate surface area is 95.3 Å². The van der Waals surface area contributed by atoms with Gasteiger partial charge < -0.3 is 15.7 Å². The standard InChI is InChI=1S/C11H18N4O/c1-8-6-10(14-11(12)13-8)15-4-2-9(7-16)3-5-15/h6,9,16H,2-5,7H2,1H3,(H2,12,13,14). The Bertz CT molecular complexity index is 341.